The Kier molecular flexibility index (Phi) is 3.39. The molecule has 2 aromatic rings. The number of benzene rings is 2. The van der Waals surface area contributed by atoms with Crippen molar-refractivity contribution in [2.75, 3.05) is 4.90 Å². The fraction of sp³-hybridized carbons (Fsp3) is 0.125. The number of carbonyl (C=O) groups excluding carboxylic acids is 1. The van der Waals surface area contributed by atoms with Crippen LogP contribution in [-0.2, 0) is 11.2 Å². The lowest BCUT2D eigenvalue weighted by Gasteiger charge is -2.23. The van der Waals surface area contributed by atoms with Gasteiger partial charge in [-0.1, -0.05) is 41.9 Å². The second kappa shape index (κ2) is 5.22. The monoisotopic (exact) mass is 301 g/mol. The quantitative estimate of drug-likeness (QED) is 0.927. The molecule has 1 aliphatic rings. The van der Waals surface area contributed by atoms with Crippen LogP contribution >= 0.6 is 11.6 Å². The molecule has 2 aromatic carbocycles. The van der Waals surface area contributed by atoms with E-state index in [1.54, 1.807) is 36.4 Å². The van der Waals surface area contributed by atoms with Gasteiger partial charge < -0.3 is 5.11 Å². The number of nitrogens with zero attached hydrogens (tertiary/aromatic N) is 1. The number of anilines is 1. The van der Waals surface area contributed by atoms with Crippen molar-refractivity contribution >= 4 is 29.2 Å². The van der Waals surface area contributed by atoms with Gasteiger partial charge in [0.15, 0.2) is 0 Å². The molecule has 5 heteroatoms. The van der Waals surface area contributed by atoms with E-state index in [9.17, 15) is 14.7 Å². The molecule has 0 saturated heterocycles. The molecule has 1 atom stereocenters. The summed E-state index contributed by atoms with van der Waals surface area (Å²) in [4.78, 5) is 25.5. The molecule has 4 nitrogen and oxygen atoms in total. The Morgan fingerprint density at radius 3 is 2.48 bits per heavy atom. The maximum absolute atomic E-state index is 12.7. The van der Waals surface area contributed by atoms with Crippen LogP contribution in [0.5, 0.6) is 0 Å². The van der Waals surface area contributed by atoms with Crippen molar-refractivity contribution in [3.8, 4) is 0 Å². The molecular formula is C16H12ClNO3. The first-order chi connectivity index (χ1) is 10.1. The topological polar surface area (TPSA) is 57.6 Å². The van der Waals surface area contributed by atoms with Crippen LogP contribution in [0.4, 0.5) is 5.69 Å². The largest absolute Gasteiger partial charge is 0.480 e. The minimum absolute atomic E-state index is 0.307. The number of carboxylic acids is 1. The molecular weight excluding hydrogens is 290 g/mol. The van der Waals surface area contributed by atoms with Crippen LogP contribution in [0.3, 0.4) is 0 Å². The number of hydrogen-bond acceptors (Lipinski definition) is 2. The maximum Gasteiger partial charge on any atom is 0.327 e. The van der Waals surface area contributed by atoms with Crippen LogP contribution in [0.25, 0.3) is 0 Å². The lowest BCUT2D eigenvalue weighted by Crippen LogP contribution is -2.43. The first-order valence-electron chi connectivity index (χ1n) is 6.48. The first-order valence-corrected chi connectivity index (χ1v) is 6.86. The standard InChI is InChI=1S/C16H12ClNO3/c17-12-7-3-2-6-11(12)15(19)18-13-8-4-1-5-10(13)9-14(18)16(20)21/h1-8,14H,9H2,(H,20,21)/t14-/m0/s1. The summed E-state index contributed by atoms with van der Waals surface area (Å²) in [6.45, 7) is 0. The van der Waals surface area contributed by atoms with Gasteiger partial charge in [0.05, 0.1) is 10.6 Å². The normalized spacial score (nSPS) is 16.6. The molecule has 0 aromatic heterocycles. The number of para-hydroxylation sites is 1. The van der Waals surface area contributed by atoms with Gasteiger partial charge in [-0.2, -0.15) is 0 Å². The highest BCUT2D eigenvalue weighted by Crippen LogP contribution is 2.34. The first kappa shape index (κ1) is 13.6. The third kappa shape index (κ3) is 2.28. The van der Waals surface area contributed by atoms with E-state index < -0.39 is 17.9 Å². The van der Waals surface area contributed by atoms with Crippen molar-refractivity contribution in [3.05, 3.63) is 64.7 Å². The molecule has 0 saturated carbocycles. The minimum atomic E-state index is -1.02. The molecule has 0 radical (unpaired) electrons. The number of aliphatic carboxylic acids is 1. The second-order valence-electron chi connectivity index (χ2n) is 4.84. The molecule has 21 heavy (non-hydrogen) atoms. The van der Waals surface area contributed by atoms with Crippen LogP contribution in [0.2, 0.25) is 5.02 Å². The number of rotatable bonds is 2. The van der Waals surface area contributed by atoms with E-state index >= 15 is 0 Å². The molecule has 106 valence electrons. The Balaban J connectivity index is 2.08. The van der Waals surface area contributed by atoms with Gasteiger partial charge in [0.25, 0.3) is 5.91 Å². The van der Waals surface area contributed by atoms with Gasteiger partial charge in [0, 0.05) is 12.1 Å². The van der Waals surface area contributed by atoms with Crippen molar-refractivity contribution in [1.82, 2.24) is 0 Å². The predicted molar refractivity (Wildman–Crippen MR) is 79.8 cm³/mol. The number of halogens is 1. The average Bonchev–Trinajstić information content (AvgIpc) is 2.86. The van der Waals surface area contributed by atoms with Gasteiger partial charge in [-0.15, -0.1) is 0 Å². The molecule has 1 amide bonds. The number of amides is 1. The van der Waals surface area contributed by atoms with Gasteiger partial charge in [-0.25, -0.2) is 4.79 Å². The lowest BCUT2D eigenvalue weighted by molar-refractivity contribution is -0.138. The van der Waals surface area contributed by atoms with Gasteiger partial charge >= 0.3 is 5.97 Å². The summed E-state index contributed by atoms with van der Waals surface area (Å²) in [5.41, 5.74) is 1.79. The van der Waals surface area contributed by atoms with E-state index in [0.29, 0.717) is 22.7 Å². The zero-order chi connectivity index (χ0) is 15.0. The molecule has 0 aliphatic carbocycles. The summed E-state index contributed by atoms with van der Waals surface area (Å²) in [7, 11) is 0. The summed E-state index contributed by atoms with van der Waals surface area (Å²) in [6, 6.07) is 13.0. The summed E-state index contributed by atoms with van der Waals surface area (Å²) in [6.07, 6.45) is 0.307. The summed E-state index contributed by atoms with van der Waals surface area (Å²) >= 11 is 6.06. The number of fused-ring (bicyclic) bond motifs is 1. The zero-order valence-electron chi connectivity index (χ0n) is 11.0. The van der Waals surface area contributed by atoms with Crippen molar-refractivity contribution < 1.29 is 14.7 Å². The molecule has 0 fully saturated rings. The van der Waals surface area contributed by atoms with Crippen molar-refractivity contribution in [3.63, 3.8) is 0 Å². The second-order valence-corrected chi connectivity index (χ2v) is 5.25. The van der Waals surface area contributed by atoms with Gasteiger partial charge in [-0.3, -0.25) is 9.69 Å². The third-order valence-electron chi connectivity index (χ3n) is 3.58. The lowest BCUT2D eigenvalue weighted by atomic mass is 10.1. The van der Waals surface area contributed by atoms with Gasteiger partial charge in [-0.05, 0) is 23.8 Å². The van der Waals surface area contributed by atoms with E-state index in [0.717, 1.165) is 5.56 Å². The summed E-state index contributed by atoms with van der Waals surface area (Å²) < 4.78 is 0. The Bertz CT molecular complexity index is 729. The summed E-state index contributed by atoms with van der Waals surface area (Å²) in [5.74, 6) is -1.41. The van der Waals surface area contributed by atoms with Crippen LogP contribution in [0, 0.1) is 0 Å². The van der Waals surface area contributed by atoms with E-state index in [1.165, 1.54) is 4.90 Å². The van der Waals surface area contributed by atoms with Crippen molar-refractivity contribution in [2.24, 2.45) is 0 Å². The van der Waals surface area contributed by atoms with E-state index in [1.807, 2.05) is 12.1 Å². The SMILES string of the molecule is O=C(O)[C@@H]1Cc2ccccc2N1C(=O)c1ccccc1Cl. The van der Waals surface area contributed by atoms with Gasteiger partial charge in [0.1, 0.15) is 6.04 Å². The van der Waals surface area contributed by atoms with E-state index in [4.69, 9.17) is 11.6 Å². The molecule has 1 aliphatic heterocycles. The van der Waals surface area contributed by atoms with Crippen LogP contribution < -0.4 is 4.90 Å². The Morgan fingerprint density at radius 2 is 1.76 bits per heavy atom. The zero-order valence-corrected chi connectivity index (χ0v) is 11.7. The van der Waals surface area contributed by atoms with E-state index in [2.05, 4.69) is 0 Å². The molecule has 1 N–H and O–H groups in total. The summed E-state index contributed by atoms with van der Waals surface area (Å²) in [5, 5.41) is 9.71. The molecule has 0 bridgehead atoms. The minimum Gasteiger partial charge on any atom is -0.480 e. The maximum atomic E-state index is 12.7. The fourth-order valence-electron chi connectivity index (χ4n) is 2.60. The van der Waals surface area contributed by atoms with Crippen molar-refractivity contribution in [2.45, 2.75) is 12.5 Å². The number of carboxylic acid groups (broad SMARTS) is 1. The molecule has 3 rings (SSSR count). The van der Waals surface area contributed by atoms with Crippen LogP contribution in [-0.4, -0.2) is 23.0 Å². The highest BCUT2D eigenvalue weighted by atomic mass is 35.5. The average molecular weight is 302 g/mol. The van der Waals surface area contributed by atoms with E-state index in [-0.39, 0.29) is 0 Å². The smallest absolute Gasteiger partial charge is 0.327 e. The fourth-order valence-corrected chi connectivity index (χ4v) is 2.82. The number of hydrogen-bond donors (Lipinski definition) is 1. The highest BCUT2D eigenvalue weighted by molar-refractivity contribution is 6.34. The van der Waals surface area contributed by atoms with Crippen LogP contribution in [0.1, 0.15) is 15.9 Å². The van der Waals surface area contributed by atoms with Crippen LogP contribution in [0.15, 0.2) is 48.5 Å². The molecule has 0 spiro atoms. The molecule has 0 unspecified atom stereocenters. The third-order valence-corrected chi connectivity index (χ3v) is 3.91. The Hall–Kier alpha value is -2.33. The molecule has 1 heterocycles. The van der Waals surface area contributed by atoms with Crippen molar-refractivity contribution in [1.29, 1.82) is 0 Å². The highest BCUT2D eigenvalue weighted by Gasteiger charge is 2.38. The Morgan fingerprint density at radius 1 is 1.10 bits per heavy atom. The predicted octanol–water partition coefficient (Wildman–Crippen LogP) is 3.00. The Labute approximate surface area is 126 Å². The van der Waals surface area contributed by atoms with Gasteiger partial charge in [0.2, 0.25) is 0 Å². The number of carbonyl (C=O) groups is 2.